The summed E-state index contributed by atoms with van der Waals surface area (Å²) in [5.41, 5.74) is -0.218. The Hall–Kier alpha value is -3.23. The molecule has 0 amide bonds. The maximum Gasteiger partial charge on any atom is 0.183 e. The van der Waals surface area contributed by atoms with E-state index in [-0.39, 0.29) is 0 Å². The smallest absolute Gasteiger partial charge is 0.183 e. The van der Waals surface area contributed by atoms with Crippen molar-refractivity contribution in [3.05, 3.63) is 42.5 Å². The van der Waals surface area contributed by atoms with Crippen LogP contribution in [0.25, 0.3) is 11.2 Å². The number of nitrogens with zero attached hydrogens (tertiary/aromatic N) is 4. The van der Waals surface area contributed by atoms with E-state index in [1.165, 1.54) is 17.2 Å². The zero-order valence-electron chi connectivity index (χ0n) is 16.1. The van der Waals surface area contributed by atoms with Crippen LogP contribution in [0.4, 0.5) is 5.82 Å². The van der Waals surface area contributed by atoms with E-state index in [2.05, 4.69) is 26.2 Å². The molecule has 1 aliphatic rings. The minimum Gasteiger partial charge on any atom is -0.497 e. The zero-order chi connectivity index (χ0) is 21.3. The first-order chi connectivity index (χ1) is 14.5. The van der Waals surface area contributed by atoms with Gasteiger partial charge in [-0.25, -0.2) is 15.0 Å². The van der Waals surface area contributed by atoms with Crippen LogP contribution in [0, 0.1) is 12.3 Å². The van der Waals surface area contributed by atoms with Crippen molar-refractivity contribution in [3.8, 4) is 18.1 Å². The van der Waals surface area contributed by atoms with Crippen LogP contribution in [0.1, 0.15) is 11.8 Å². The van der Waals surface area contributed by atoms with Crippen LogP contribution in [0.3, 0.4) is 0 Å². The Kier molecular flexibility index (Phi) is 5.27. The van der Waals surface area contributed by atoms with Gasteiger partial charge in [0, 0.05) is 6.54 Å². The van der Waals surface area contributed by atoms with Crippen LogP contribution in [0.5, 0.6) is 5.75 Å². The maximum atomic E-state index is 10.6. The number of rotatable bonds is 6. The molecule has 0 unspecified atom stereocenters. The Morgan fingerprint density at radius 1 is 1.37 bits per heavy atom. The van der Waals surface area contributed by atoms with E-state index >= 15 is 0 Å². The van der Waals surface area contributed by atoms with Crippen molar-refractivity contribution in [2.75, 3.05) is 19.0 Å². The zero-order valence-corrected chi connectivity index (χ0v) is 16.1. The molecule has 1 saturated heterocycles. The van der Waals surface area contributed by atoms with Gasteiger partial charge in [-0.3, -0.25) is 4.57 Å². The van der Waals surface area contributed by atoms with E-state index in [9.17, 15) is 15.3 Å². The summed E-state index contributed by atoms with van der Waals surface area (Å²) in [4.78, 5) is 12.8. The van der Waals surface area contributed by atoms with Crippen LogP contribution in [0.15, 0.2) is 36.9 Å². The molecule has 4 atom stereocenters. The number of nitrogens with one attached hydrogen (secondary N) is 1. The van der Waals surface area contributed by atoms with Crippen LogP contribution in [-0.2, 0) is 11.3 Å². The molecule has 1 aromatic carbocycles. The molecule has 30 heavy (non-hydrogen) atoms. The highest BCUT2D eigenvalue weighted by atomic mass is 16.6. The summed E-state index contributed by atoms with van der Waals surface area (Å²) in [6, 6.07) is 7.61. The lowest BCUT2D eigenvalue weighted by molar-refractivity contribution is -0.0605. The van der Waals surface area contributed by atoms with Crippen molar-refractivity contribution < 1.29 is 24.8 Å². The van der Waals surface area contributed by atoms with Crippen LogP contribution in [0.2, 0.25) is 0 Å². The van der Waals surface area contributed by atoms with Crippen molar-refractivity contribution >= 4 is 17.0 Å². The van der Waals surface area contributed by atoms with Gasteiger partial charge in [-0.15, -0.1) is 6.42 Å². The molecule has 10 nitrogen and oxygen atoms in total. The molecule has 0 radical (unpaired) electrons. The largest absolute Gasteiger partial charge is 0.497 e. The molecule has 3 heterocycles. The van der Waals surface area contributed by atoms with Gasteiger partial charge in [-0.1, -0.05) is 18.1 Å². The molecule has 0 bridgehead atoms. The average Bonchev–Trinajstić information content (AvgIpc) is 3.32. The number of aromatic nitrogens is 4. The van der Waals surface area contributed by atoms with E-state index in [1.54, 1.807) is 7.11 Å². The normalized spacial score (nSPS) is 25.9. The summed E-state index contributed by atoms with van der Waals surface area (Å²) >= 11 is 0. The first-order valence-corrected chi connectivity index (χ1v) is 9.20. The molecular formula is C20H21N5O5. The van der Waals surface area contributed by atoms with Crippen molar-refractivity contribution in [3.63, 3.8) is 0 Å². The van der Waals surface area contributed by atoms with Crippen molar-refractivity contribution in [2.45, 2.75) is 30.6 Å². The molecule has 1 aliphatic heterocycles. The summed E-state index contributed by atoms with van der Waals surface area (Å²) in [6.45, 7) is -0.0780. The van der Waals surface area contributed by atoms with Crippen molar-refractivity contribution in [1.82, 2.24) is 19.5 Å². The van der Waals surface area contributed by atoms with E-state index < -0.39 is 30.6 Å². The number of methoxy groups -OCH3 is 1. The summed E-state index contributed by atoms with van der Waals surface area (Å²) in [5, 5.41) is 33.8. The Morgan fingerprint density at radius 2 is 2.20 bits per heavy atom. The van der Waals surface area contributed by atoms with Gasteiger partial charge in [0.1, 0.15) is 24.3 Å². The minimum absolute atomic E-state index is 0.375. The number of aliphatic hydroxyl groups is 3. The van der Waals surface area contributed by atoms with Gasteiger partial charge >= 0.3 is 0 Å². The summed E-state index contributed by atoms with van der Waals surface area (Å²) < 4.78 is 12.3. The highest BCUT2D eigenvalue weighted by Gasteiger charge is 2.55. The number of aliphatic hydroxyl groups excluding tert-OH is 2. The van der Waals surface area contributed by atoms with Crippen LogP contribution < -0.4 is 10.1 Å². The van der Waals surface area contributed by atoms with Gasteiger partial charge in [0.05, 0.1) is 20.0 Å². The number of hydrogen-bond acceptors (Lipinski definition) is 9. The highest BCUT2D eigenvalue weighted by Crippen LogP contribution is 2.38. The Bertz CT molecular complexity index is 1100. The average molecular weight is 411 g/mol. The molecule has 0 saturated carbocycles. The van der Waals surface area contributed by atoms with Gasteiger partial charge in [0.2, 0.25) is 0 Å². The van der Waals surface area contributed by atoms with E-state index in [0.717, 1.165) is 11.3 Å². The van der Waals surface area contributed by atoms with Gasteiger partial charge in [0.25, 0.3) is 0 Å². The summed E-state index contributed by atoms with van der Waals surface area (Å²) in [7, 11) is 1.61. The molecule has 4 N–H and O–H groups in total. The molecule has 10 heteroatoms. The lowest BCUT2D eigenvalue weighted by atomic mass is 9.93. The standard InChI is InChI=1S/C20H21N5O5/c1-3-20(28)14(9-26)30-19(16(20)27)25-11-24-15-17(22-10-23-18(15)25)21-8-12-5-4-6-13(7-12)29-2/h1,4-7,10-11,14,16,19,26-28H,8-9H2,2H3,(H,21,22,23)/t14-,16+,19-,20-/m1/s1. The number of benzene rings is 1. The fourth-order valence-corrected chi connectivity index (χ4v) is 3.47. The second-order valence-corrected chi connectivity index (χ2v) is 6.86. The number of fused-ring (bicyclic) bond motifs is 1. The van der Waals surface area contributed by atoms with Gasteiger partial charge in [-0.05, 0) is 17.7 Å². The van der Waals surface area contributed by atoms with E-state index in [0.29, 0.717) is 23.5 Å². The summed E-state index contributed by atoms with van der Waals surface area (Å²) in [5.74, 6) is 3.36. The Labute approximate surface area is 172 Å². The molecular weight excluding hydrogens is 390 g/mol. The monoisotopic (exact) mass is 411 g/mol. The third kappa shape index (κ3) is 3.24. The fourth-order valence-electron chi connectivity index (χ4n) is 3.47. The van der Waals surface area contributed by atoms with Gasteiger partial charge in [-0.2, -0.15) is 0 Å². The predicted octanol–water partition coefficient (Wildman–Crippen LogP) is 0.0619. The fraction of sp³-hybridized carbons (Fsp3) is 0.350. The third-order valence-electron chi connectivity index (χ3n) is 5.14. The number of anilines is 1. The lowest BCUT2D eigenvalue weighted by Gasteiger charge is -2.23. The third-order valence-corrected chi connectivity index (χ3v) is 5.14. The lowest BCUT2D eigenvalue weighted by Crippen LogP contribution is -2.47. The molecule has 0 spiro atoms. The van der Waals surface area contributed by atoms with Crippen molar-refractivity contribution in [1.29, 1.82) is 0 Å². The first kappa shape index (κ1) is 20.1. The van der Waals surface area contributed by atoms with Gasteiger partial charge in [0.15, 0.2) is 28.8 Å². The van der Waals surface area contributed by atoms with E-state index in [4.69, 9.17) is 15.9 Å². The highest BCUT2D eigenvalue weighted by molar-refractivity contribution is 5.82. The number of hydrogen-bond donors (Lipinski definition) is 4. The maximum absolute atomic E-state index is 10.6. The van der Waals surface area contributed by atoms with E-state index in [1.807, 2.05) is 24.3 Å². The topological polar surface area (TPSA) is 135 Å². The molecule has 0 aliphatic carbocycles. The first-order valence-electron chi connectivity index (χ1n) is 9.20. The minimum atomic E-state index is -2.03. The second kappa shape index (κ2) is 7.89. The molecule has 156 valence electrons. The van der Waals surface area contributed by atoms with Crippen LogP contribution in [-0.4, -0.2) is 66.4 Å². The van der Waals surface area contributed by atoms with Crippen molar-refractivity contribution in [2.24, 2.45) is 0 Å². The molecule has 4 rings (SSSR count). The van der Waals surface area contributed by atoms with Crippen LogP contribution >= 0.6 is 0 Å². The predicted molar refractivity (Wildman–Crippen MR) is 106 cm³/mol. The van der Waals surface area contributed by atoms with Gasteiger partial charge < -0.3 is 30.1 Å². The Balaban J connectivity index is 1.62. The molecule has 3 aromatic rings. The summed E-state index contributed by atoms with van der Waals surface area (Å²) in [6.07, 6.45) is 4.44. The number of imidazole rings is 1. The number of terminal acetylenes is 1. The number of ether oxygens (including phenoxy) is 2. The molecule has 2 aromatic heterocycles. The quantitative estimate of drug-likeness (QED) is 0.415. The molecule has 1 fully saturated rings. The second-order valence-electron chi connectivity index (χ2n) is 6.86. The Morgan fingerprint density at radius 3 is 2.90 bits per heavy atom. The SMILES string of the molecule is C#C[C@@]1(O)[C@@H](CO)O[C@@H](n2cnc3c(NCc4cccc(OC)c4)ncnc32)[C@@H]1O.